The van der Waals surface area contributed by atoms with Crippen molar-refractivity contribution in [1.29, 1.82) is 0 Å². The number of furan rings is 1. The fourth-order valence-corrected chi connectivity index (χ4v) is 9.88. The molecule has 0 unspecified atom stereocenters. The van der Waals surface area contributed by atoms with Gasteiger partial charge in [0.1, 0.15) is 5.58 Å². The first-order valence-corrected chi connectivity index (χ1v) is 19.3. The summed E-state index contributed by atoms with van der Waals surface area (Å²) in [7, 11) is 0. The van der Waals surface area contributed by atoms with Gasteiger partial charge in [-0.1, -0.05) is 152 Å². The molecule has 11 aromatic carbocycles. The van der Waals surface area contributed by atoms with E-state index in [0.717, 1.165) is 38.7 Å². The molecule has 0 aliphatic rings. The van der Waals surface area contributed by atoms with E-state index >= 15 is 0 Å². The van der Waals surface area contributed by atoms with E-state index in [-0.39, 0.29) is 0 Å². The number of benzene rings is 11. The highest BCUT2D eigenvalue weighted by Crippen LogP contribution is 2.46. The summed E-state index contributed by atoms with van der Waals surface area (Å²) in [6.07, 6.45) is 0. The molecular formula is C54H31NO. The van der Waals surface area contributed by atoms with Crippen molar-refractivity contribution in [3.63, 3.8) is 0 Å². The first-order chi connectivity index (χ1) is 27.8. The molecule has 2 heteroatoms. The van der Waals surface area contributed by atoms with E-state index in [0.29, 0.717) is 0 Å². The van der Waals surface area contributed by atoms with Gasteiger partial charge in [0.2, 0.25) is 0 Å². The lowest BCUT2D eigenvalue weighted by atomic mass is 9.85. The van der Waals surface area contributed by atoms with Crippen molar-refractivity contribution in [2.75, 3.05) is 0 Å². The highest BCUT2D eigenvalue weighted by atomic mass is 16.3. The molecule has 0 atom stereocenters. The summed E-state index contributed by atoms with van der Waals surface area (Å²) in [5.74, 6) is 0. The molecule has 13 rings (SSSR count). The van der Waals surface area contributed by atoms with Crippen LogP contribution in [0.3, 0.4) is 0 Å². The van der Waals surface area contributed by atoms with Crippen LogP contribution in [0, 0.1) is 0 Å². The molecule has 2 heterocycles. The van der Waals surface area contributed by atoms with Crippen molar-refractivity contribution >= 4 is 97.6 Å². The summed E-state index contributed by atoms with van der Waals surface area (Å²) >= 11 is 0. The van der Waals surface area contributed by atoms with Crippen LogP contribution in [-0.4, -0.2) is 4.57 Å². The minimum atomic E-state index is 0.908. The molecule has 0 bridgehead atoms. The summed E-state index contributed by atoms with van der Waals surface area (Å²) < 4.78 is 9.06. The SMILES string of the molecule is c1cc(-c2ccc3ccc4c(-c5cc6ccccc6c6ccccc56)ccc5ccc2c3c54)cc(-n2c3ccccc3c3ccc4c5ccccc5oc4c32)c1. The minimum Gasteiger partial charge on any atom is -0.454 e. The number of hydrogen-bond acceptors (Lipinski definition) is 1. The predicted octanol–water partition coefficient (Wildman–Crippen LogP) is 15.2. The largest absolute Gasteiger partial charge is 0.454 e. The van der Waals surface area contributed by atoms with Gasteiger partial charge < -0.3 is 8.98 Å². The van der Waals surface area contributed by atoms with Crippen LogP contribution in [0.1, 0.15) is 0 Å². The van der Waals surface area contributed by atoms with Gasteiger partial charge >= 0.3 is 0 Å². The molecule has 0 aliphatic heterocycles. The third-order valence-electron chi connectivity index (χ3n) is 12.3. The summed E-state index contributed by atoms with van der Waals surface area (Å²) in [6.45, 7) is 0. The van der Waals surface area contributed by atoms with Crippen LogP contribution < -0.4 is 0 Å². The molecule has 0 N–H and O–H groups in total. The molecule has 0 spiro atoms. The molecule has 0 aliphatic carbocycles. The van der Waals surface area contributed by atoms with Crippen LogP contribution in [-0.2, 0) is 0 Å². The zero-order valence-electron chi connectivity index (χ0n) is 30.3. The van der Waals surface area contributed by atoms with E-state index in [4.69, 9.17) is 4.42 Å². The topological polar surface area (TPSA) is 18.1 Å². The summed E-state index contributed by atoms with van der Waals surface area (Å²) in [5.41, 5.74) is 10.2. The highest BCUT2D eigenvalue weighted by Gasteiger charge is 2.21. The molecule has 0 saturated carbocycles. The van der Waals surface area contributed by atoms with Crippen molar-refractivity contribution in [2.24, 2.45) is 0 Å². The molecule has 0 radical (unpaired) electrons. The molecule has 56 heavy (non-hydrogen) atoms. The zero-order chi connectivity index (χ0) is 36.5. The number of rotatable bonds is 3. The zero-order valence-corrected chi connectivity index (χ0v) is 30.3. The van der Waals surface area contributed by atoms with Gasteiger partial charge in [-0.15, -0.1) is 0 Å². The van der Waals surface area contributed by atoms with Crippen molar-refractivity contribution in [2.45, 2.75) is 0 Å². The second-order valence-electron chi connectivity index (χ2n) is 15.2. The van der Waals surface area contributed by atoms with E-state index in [1.807, 2.05) is 6.07 Å². The van der Waals surface area contributed by atoms with Crippen LogP contribution in [0.25, 0.3) is 126 Å². The Morgan fingerprint density at radius 1 is 0.339 bits per heavy atom. The van der Waals surface area contributed by atoms with E-state index in [1.165, 1.54) is 86.9 Å². The summed E-state index contributed by atoms with van der Waals surface area (Å²) in [6, 6.07) is 69.1. The Morgan fingerprint density at radius 2 is 0.964 bits per heavy atom. The lowest BCUT2D eigenvalue weighted by molar-refractivity contribution is 0.671. The maximum absolute atomic E-state index is 6.66. The monoisotopic (exact) mass is 709 g/mol. The average Bonchev–Trinajstić information content (AvgIpc) is 3.81. The number of aromatic nitrogens is 1. The van der Waals surface area contributed by atoms with E-state index in [1.54, 1.807) is 0 Å². The molecule has 0 saturated heterocycles. The molecule has 0 amide bonds. The maximum Gasteiger partial charge on any atom is 0.160 e. The van der Waals surface area contributed by atoms with E-state index < -0.39 is 0 Å². The fraction of sp³-hybridized carbons (Fsp3) is 0. The molecule has 258 valence electrons. The van der Waals surface area contributed by atoms with Crippen LogP contribution in [0.15, 0.2) is 192 Å². The minimum absolute atomic E-state index is 0.908. The average molecular weight is 710 g/mol. The first kappa shape index (κ1) is 30.0. The third-order valence-corrected chi connectivity index (χ3v) is 12.3. The summed E-state index contributed by atoms with van der Waals surface area (Å²) in [5, 5.41) is 17.5. The Kier molecular flexibility index (Phi) is 5.92. The molecule has 0 fully saturated rings. The quantitative estimate of drug-likeness (QED) is 0.167. The van der Waals surface area contributed by atoms with Gasteiger partial charge in [-0.05, 0) is 113 Å². The fourth-order valence-electron chi connectivity index (χ4n) is 9.88. The molecular weight excluding hydrogens is 679 g/mol. The van der Waals surface area contributed by atoms with E-state index in [2.05, 4.69) is 187 Å². The number of fused-ring (bicyclic) bond motifs is 10. The number of nitrogens with zero attached hydrogens (tertiary/aromatic N) is 1. The van der Waals surface area contributed by atoms with Crippen molar-refractivity contribution in [1.82, 2.24) is 4.57 Å². The number of hydrogen-bond donors (Lipinski definition) is 0. The second-order valence-corrected chi connectivity index (χ2v) is 15.2. The predicted molar refractivity (Wildman–Crippen MR) is 238 cm³/mol. The Morgan fingerprint density at radius 3 is 1.80 bits per heavy atom. The van der Waals surface area contributed by atoms with Gasteiger partial charge in [0, 0.05) is 27.2 Å². The van der Waals surface area contributed by atoms with E-state index in [9.17, 15) is 0 Å². The Labute approximate surface area is 321 Å². The molecule has 2 nitrogen and oxygen atoms in total. The van der Waals surface area contributed by atoms with Gasteiger partial charge in [-0.25, -0.2) is 0 Å². The smallest absolute Gasteiger partial charge is 0.160 e. The second kappa shape index (κ2) is 11.1. The van der Waals surface area contributed by atoms with Gasteiger partial charge in [0.05, 0.1) is 11.0 Å². The van der Waals surface area contributed by atoms with Crippen molar-refractivity contribution in [3.8, 4) is 27.9 Å². The van der Waals surface area contributed by atoms with Crippen LogP contribution in [0.4, 0.5) is 0 Å². The Bertz CT molecular complexity index is 3770. The lowest BCUT2D eigenvalue weighted by Gasteiger charge is -2.18. The standard InChI is InChI=1S/C54H31NO/c1-2-13-37-35(10-1)31-48(40-15-4-3-14-39(37)40)41-25-21-33-22-26-44-38(24-20-32-23-27-45(41)52(33)51(32)44)34-11-9-12-36(30-34)55-49-18-7-5-16-42(49)46-28-29-47-43-17-6-8-19-50(43)56-54(47)53(46)55/h1-31H. The van der Waals surface area contributed by atoms with Gasteiger partial charge in [0.25, 0.3) is 0 Å². The van der Waals surface area contributed by atoms with Gasteiger partial charge in [-0.2, -0.15) is 0 Å². The number of para-hydroxylation sites is 2. The lowest BCUT2D eigenvalue weighted by Crippen LogP contribution is -1.95. The summed E-state index contributed by atoms with van der Waals surface area (Å²) in [4.78, 5) is 0. The van der Waals surface area contributed by atoms with Crippen LogP contribution >= 0.6 is 0 Å². The van der Waals surface area contributed by atoms with Crippen LogP contribution in [0.5, 0.6) is 0 Å². The van der Waals surface area contributed by atoms with Crippen LogP contribution in [0.2, 0.25) is 0 Å². The maximum atomic E-state index is 6.66. The van der Waals surface area contributed by atoms with Gasteiger partial charge in [0.15, 0.2) is 5.58 Å². The molecule has 2 aromatic heterocycles. The first-order valence-electron chi connectivity index (χ1n) is 19.3. The Balaban J connectivity index is 1.05. The Hall–Kier alpha value is -7.42. The van der Waals surface area contributed by atoms with Crippen molar-refractivity contribution in [3.05, 3.63) is 188 Å². The molecule has 13 aromatic rings. The normalized spacial score (nSPS) is 12.3. The van der Waals surface area contributed by atoms with Gasteiger partial charge in [-0.3, -0.25) is 0 Å². The third kappa shape index (κ3) is 4.00. The van der Waals surface area contributed by atoms with Crippen molar-refractivity contribution < 1.29 is 4.42 Å². The highest BCUT2D eigenvalue weighted by molar-refractivity contribution is 6.29.